The lowest BCUT2D eigenvalue weighted by atomic mass is 10.2. The molecule has 0 spiro atoms. The van der Waals surface area contributed by atoms with Gasteiger partial charge < -0.3 is 0 Å². The summed E-state index contributed by atoms with van der Waals surface area (Å²) in [5.41, 5.74) is 0.992. The summed E-state index contributed by atoms with van der Waals surface area (Å²) in [5.74, 6) is 0. The van der Waals surface area contributed by atoms with Gasteiger partial charge in [0.2, 0.25) is 0 Å². The molecule has 2 heterocycles. The number of nitrogens with zero attached hydrogens (tertiary/aromatic N) is 4. The Bertz CT molecular complexity index is 502. The SMILES string of the molecule is CSc1ncc2cnn(C3CCCC3)c2n1. The minimum absolute atomic E-state index is 0.544. The number of thioether (sulfide) groups is 1. The highest BCUT2D eigenvalue weighted by Crippen LogP contribution is 2.31. The van der Waals surface area contributed by atoms with E-state index in [2.05, 4.69) is 19.7 Å². The fraction of sp³-hybridized carbons (Fsp3) is 0.545. The first-order valence-electron chi connectivity index (χ1n) is 5.63. The Kier molecular flexibility index (Phi) is 2.55. The van der Waals surface area contributed by atoms with Crippen molar-refractivity contribution in [1.29, 1.82) is 0 Å². The molecule has 1 aliphatic carbocycles. The van der Waals surface area contributed by atoms with Gasteiger partial charge in [-0.1, -0.05) is 24.6 Å². The molecule has 0 amide bonds. The number of rotatable bonds is 2. The number of hydrogen-bond donors (Lipinski definition) is 0. The van der Waals surface area contributed by atoms with Crippen molar-refractivity contribution in [3.8, 4) is 0 Å². The molecule has 1 aliphatic rings. The van der Waals surface area contributed by atoms with E-state index in [1.807, 2.05) is 18.6 Å². The van der Waals surface area contributed by atoms with Gasteiger partial charge in [-0.2, -0.15) is 5.10 Å². The number of aromatic nitrogens is 4. The van der Waals surface area contributed by atoms with Crippen LogP contribution in [0.5, 0.6) is 0 Å². The van der Waals surface area contributed by atoms with Gasteiger partial charge in [-0.25, -0.2) is 14.6 Å². The van der Waals surface area contributed by atoms with E-state index in [1.165, 1.54) is 25.7 Å². The minimum Gasteiger partial charge on any atom is -0.244 e. The standard InChI is InChI=1S/C11H14N4S/c1-16-11-12-6-8-7-13-15(10(8)14-11)9-4-2-3-5-9/h6-7,9H,2-5H2,1H3. The van der Waals surface area contributed by atoms with E-state index in [4.69, 9.17) is 0 Å². The van der Waals surface area contributed by atoms with Crippen LogP contribution in [0.4, 0.5) is 0 Å². The third-order valence-electron chi connectivity index (χ3n) is 3.17. The average molecular weight is 234 g/mol. The van der Waals surface area contributed by atoms with Crippen molar-refractivity contribution >= 4 is 22.8 Å². The maximum absolute atomic E-state index is 4.55. The molecule has 5 heteroatoms. The van der Waals surface area contributed by atoms with Gasteiger partial charge in [0, 0.05) is 6.20 Å². The van der Waals surface area contributed by atoms with Gasteiger partial charge in [0.05, 0.1) is 17.6 Å². The Morgan fingerprint density at radius 3 is 2.88 bits per heavy atom. The largest absolute Gasteiger partial charge is 0.244 e. The molecule has 0 bridgehead atoms. The highest BCUT2D eigenvalue weighted by atomic mass is 32.2. The summed E-state index contributed by atoms with van der Waals surface area (Å²) >= 11 is 1.57. The van der Waals surface area contributed by atoms with E-state index in [0.29, 0.717) is 6.04 Å². The lowest BCUT2D eigenvalue weighted by molar-refractivity contribution is 0.477. The molecular formula is C11H14N4S. The van der Waals surface area contributed by atoms with Crippen molar-refractivity contribution in [1.82, 2.24) is 19.7 Å². The monoisotopic (exact) mass is 234 g/mol. The molecule has 0 atom stereocenters. The summed E-state index contributed by atoms with van der Waals surface area (Å²) in [6, 6.07) is 0.544. The molecule has 0 unspecified atom stereocenters. The van der Waals surface area contributed by atoms with E-state index in [-0.39, 0.29) is 0 Å². The predicted octanol–water partition coefficient (Wildman–Crippen LogP) is 2.66. The second kappa shape index (κ2) is 4.05. The zero-order chi connectivity index (χ0) is 11.0. The predicted molar refractivity (Wildman–Crippen MR) is 64.6 cm³/mol. The quantitative estimate of drug-likeness (QED) is 0.592. The van der Waals surface area contributed by atoms with Crippen LogP contribution >= 0.6 is 11.8 Å². The van der Waals surface area contributed by atoms with Gasteiger partial charge in [-0.05, 0) is 19.1 Å². The Morgan fingerprint density at radius 1 is 1.31 bits per heavy atom. The molecule has 0 saturated heterocycles. The van der Waals surface area contributed by atoms with Gasteiger partial charge >= 0.3 is 0 Å². The molecule has 0 aliphatic heterocycles. The summed E-state index contributed by atoms with van der Waals surface area (Å²) in [4.78, 5) is 8.81. The third kappa shape index (κ3) is 1.59. The van der Waals surface area contributed by atoms with Crippen LogP contribution in [0.15, 0.2) is 17.6 Å². The first kappa shape index (κ1) is 10.1. The van der Waals surface area contributed by atoms with E-state index in [0.717, 1.165) is 16.2 Å². The molecule has 3 rings (SSSR count). The van der Waals surface area contributed by atoms with Crippen molar-refractivity contribution in [2.75, 3.05) is 6.26 Å². The lowest BCUT2D eigenvalue weighted by Crippen LogP contribution is -2.07. The molecule has 84 valence electrons. The Hall–Kier alpha value is -1.10. The molecule has 2 aromatic rings. The molecule has 1 fully saturated rings. The van der Waals surface area contributed by atoms with Gasteiger partial charge in [-0.15, -0.1) is 0 Å². The molecule has 0 N–H and O–H groups in total. The van der Waals surface area contributed by atoms with Crippen molar-refractivity contribution in [2.24, 2.45) is 0 Å². The van der Waals surface area contributed by atoms with Crippen LogP contribution in [-0.2, 0) is 0 Å². The maximum Gasteiger partial charge on any atom is 0.189 e. The van der Waals surface area contributed by atoms with Gasteiger partial charge in [0.25, 0.3) is 0 Å². The number of hydrogen-bond acceptors (Lipinski definition) is 4. The fourth-order valence-corrected chi connectivity index (χ4v) is 2.67. The zero-order valence-corrected chi connectivity index (χ0v) is 10.1. The van der Waals surface area contributed by atoms with E-state index >= 15 is 0 Å². The third-order valence-corrected chi connectivity index (χ3v) is 3.73. The van der Waals surface area contributed by atoms with Crippen LogP contribution < -0.4 is 0 Å². The first-order chi connectivity index (χ1) is 7.88. The summed E-state index contributed by atoms with van der Waals surface area (Å²) in [6.07, 6.45) is 10.8. The maximum atomic E-state index is 4.55. The van der Waals surface area contributed by atoms with Crippen LogP contribution in [0.25, 0.3) is 11.0 Å². The molecule has 4 nitrogen and oxygen atoms in total. The second-order valence-electron chi connectivity index (χ2n) is 4.16. The summed E-state index contributed by atoms with van der Waals surface area (Å²) in [7, 11) is 0. The summed E-state index contributed by atoms with van der Waals surface area (Å²) < 4.78 is 2.09. The number of fused-ring (bicyclic) bond motifs is 1. The summed E-state index contributed by atoms with van der Waals surface area (Å²) in [5, 5.41) is 6.33. The van der Waals surface area contributed by atoms with Gasteiger partial charge in [-0.3, -0.25) is 0 Å². The lowest BCUT2D eigenvalue weighted by Gasteiger charge is -2.10. The fourth-order valence-electron chi connectivity index (χ4n) is 2.33. The smallest absolute Gasteiger partial charge is 0.189 e. The highest BCUT2D eigenvalue weighted by Gasteiger charge is 2.20. The molecule has 16 heavy (non-hydrogen) atoms. The summed E-state index contributed by atoms with van der Waals surface area (Å²) in [6.45, 7) is 0. The minimum atomic E-state index is 0.544. The van der Waals surface area contributed by atoms with Crippen LogP contribution in [0.2, 0.25) is 0 Å². The van der Waals surface area contributed by atoms with Crippen LogP contribution in [0.3, 0.4) is 0 Å². The second-order valence-corrected chi connectivity index (χ2v) is 4.94. The van der Waals surface area contributed by atoms with E-state index in [1.54, 1.807) is 11.8 Å². The van der Waals surface area contributed by atoms with Crippen molar-refractivity contribution in [3.05, 3.63) is 12.4 Å². The Morgan fingerprint density at radius 2 is 2.12 bits per heavy atom. The molecule has 0 aromatic carbocycles. The topological polar surface area (TPSA) is 43.6 Å². The van der Waals surface area contributed by atoms with Crippen molar-refractivity contribution < 1.29 is 0 Å². The van der Waals surface area contributed by atoms with Crippen LogP contribution in [0, 0.1) is 0 Å². The van der Waals surface area contributed by atoms with Gasteiger partial charge in [0.15, 0.2) is 10.8 Å². The van der Waals surface area contributed by atoms with E-state index < -0.39 is 0 Å². The first-order valence-corrected chi connectivity index (χ1v) is 6.85. The van der Waals surface area contributed by atoms with Crippen molar-refractivity contribution in [2.45, 2.75) is 36.9 Å². The van der Waals surface area contributed by atoms with Crippen LogP contribution in [-0.4, -0.2) is 26.0 Å². The van der Waals surface area contributed by atoms with E-state index in [9.17, 15) is 0 Å². The molecule has 2 aromatic heterocycles. The Balaban J connectivity index is 2.09. The van der Waals surface area contributed by atoms with Crippen molar-refractivity contribution in [3.63, 3.8) is 0 Å². The zero-order valence-electron chi connectivity index (χ0n) is 9.26. The molecular weight excluding hydrogens is 220 g/mol. The van der Waals surface area contributed by atoms with Gasteiger partial charge in [0.1, 0.15) is 0 Å². The molecule has 0 radical (unpaired) electrons. The average Bonchev–Trinajstić information content (AvgIpc) is 2.96. The highest BCUT2D eigenvalue weighted by molar-refractivity contribution is 7.98. The normalized spacial score (nSPS) is 17.3. The van der Waals surface area contributed by atoms with Crippen LogP contribution in [0.1, 0.15) is 31.7 Å². The molecule has 1 saturated carbocycles. The Labute approximate surface area is 98.5 Å².